The second-order valence-corrected chi connectivity index (χ2v) is 7.78. The quantitative estimate of drug-likeness (QED) is 0.167. The molecule has 168 valence electrons. The standard InChI is InChI=1S/C21H18ClN7O4/c1-13-19(20(25-33-13)14-2-4-15(5-3-14)24-26-23)21(30)28-10-8-27(9-11-28)18-7-6-16(29(31)32)12-17(18)22/h2-7,12H,8-11H2,1H3. The Morgan fingerprint density at radius 2 is 1.91 bits per heavy atom. The maximum absolute atomic E-state index is 13.3. The number of nitro benzene ring substituents is 1. The summed E-state index contributed by atoms with van der Waals surface area (Å²) in [6.07, 6.45) is 0. The average molecular weight is 468 g/mol. The number of aromatic nitrogens is 1. The molecule has 0 bridgehead atoms. The second kappa shape index (κ2) is 9.19. The van der Waals surface area contributed by atoms with E-state index in [1.54, 1.807) is 42.2 Å². The predicted molar refractivity (Wildman–Crippen MR) is 122 cm³/mol. The first-order valence-electron chi connectivity index (χ1n) is 9.99. The summed E-state index contributed by atoms with van der Waals surface area (Å²) in [5, 5.41) is 18.8. The zero-order chi connectivity index (χ0) is 23.5. The highest BCUT2D eigenvalue weighted by Crippen LogP contribution is 2.32. The number of carbonyl (C=O) groups is 1. The zero-order valence-electron chi connectivity index (χ0n) is 17.5. The Kier molecular flexibility index (Phi) is 6.16. The summed E-state index contributed by atoms with van der Waals surface area (Å²) in [6.45, 7) is 3.59. The molecule has 0 radical (unpaired) electrons. The summed E-state index contributed by atoms with van der Waals surface area (Å²) in [5.74, 6) is 0.215. The smallest absolute Gasteiger partial charge is 0.271 e. The van der Waals surface area contributed by atoms with E-state index in [2.05, 4.69) is 15.2 Å². The number of nitro groups is 1. The number of hydrogen-bond donors (Lipinski definition) is 0. The molecule has 0 saturated carbocycles. The van der Waals surface area contributed by atoms with E-state index in [4.69, 9.17) is 21.7 Å². The highest BCUT2D eigenvalue weighted by Gasteiger charge is 2.29. The van der Waals surface area contributed by atoms with Crippen LogP contribution in [0, 0.1) is 17.0 Å². The van der Waals surface area contributed by atoms with Gasteiger partial charge in [-0.05, 0) is 18.5 Å². The molecule has 0 N–H and O–H groups in total. The van der Waals surface area contributed by atoms with Gasteiger partial charge < -0.3 is 14.3 Å². The molecule has 1 amide bonds. The third-order valence-electron chi connectivity index (χ3n) is 5.43. The minimum absolute atomic E-state index is 0.0690. The Labute approximate surface area is 192 Å². The number of amides is 1. The molecule has 33 heavy (non-hydrogen) atoms. The van der Waals surface area contributed by atoms with Crippen LogP contribution >= 0.6 is 11.6 Å². The van der Waals surface area contributed by atoms with E-state index in [0.29, 0.717) is 65.2 Å². The first-order chi connectivity index (χ1) is 15.9. The van der Waals surface area contributed by atoms with Gasteiger partial charge in [0, 0.05) is 54.5 Å². The molecule has 0 atom stereocenters. The van der Waals surface area contributed by atoms with Crippen molar-refractivity contribution < 1.29 is 14.2 Å². The maximum Gasteiger partial charge on any atom is 0.271 e. The van der Waals surface area contributed by atoms with Gasteiger partial charge in [-0.25, -0.2) is 0 Å². The molecule has 2 aromatic carbocycles. The molecule has 1 aromatic heterocycles. The number of aryl methyl sites for hydroxylation is 1. The second-order valence-electron chi connectivity index (χ2n) is 7.37. The van der Waals surface area contributed by atoms with Crippen molar-refractivity contribution in [3.05, 3.63) is 79.4 Å². The molecule has 1 aliphatic rings. The Balaban J connectivity index is 1.50. The largest absolute Gasteiger partial charge is 0.367 e. The third kappa shape index (κ3) is 4.45. The predicted octanol–water partition coefficient (Wildman–Crippen LogP) is 5.12. The lowest BCUT2D eigenvalue weighted by Gasteiger charge is -2.36. The van der Waals surface area contributed by atoms with E-state index < -0.39 is 4.92 Å². The van der Waals surface area contributed by atoms with Gasteiger partial charge in [-0.3, -0.25) is 14.9 Å². The van der Waals surface area contributed by atoms with Crippen LogP contribution in [0.4, 0.5) is 17.1 Å². The lowest BCUT2D eigenvalue weighted by molar-refractivity contribution is -0.384. The van der Waals surface area contributed by atoms with Crippen molar-refractivity contribution in [2.45, 2.75) is 6.92 Å². The Morgan fingerprint density at radius 1 is 1.21 bits per heavy atom. The average Bonchev–Trinajstić information content (AvgIpc) is 3.20. The number of rotatable bonds is 5. The molecule has 1 fully saturated rings. The molecule has 12 heteroatoms. The van der Waals surface area contributed by atoms with Crippen molar-refractivity contribution >= 4 is 34.6 Å². The molecule has 1 aliphatic heterocycles. The number of azide groups is 1. The number of carbonyl (C=O) groups excluding carboxylic acids is 1. The summed E-state index contributed by atoms with van der Waals surface area (Å²) >= 11 is 6.25. The fourth-order valence-corrected chi connectivity index (χ4v) is 4.03. The van der Waals surface area contributed by atoms with E-state index in [9.17, 15) is 14.9 Å². The van der Waals surface area contributed by atoms with Crippen molar-refractivity contribution in [2.75, 3.05) is 31.1 Å². The van der Waals surface area contributed by atoms with Crippen LogP contribution in [0.1, 0.15) is 16.1 Å². The first-order valence-corrected chi connectivity index (χ1v) is 10.4. The summed E-state index contributed by atoms with van der Waals surface area (Å²) in [6, 6.07) is 11.1. The highest BCUT2D eigenvalue weighted by atomic mass is 35.5. The number of hydrogen-bond acceptors (Lipinski definition) is 7. The molecule has 3 aromatic rings. The van der Waals surface area contributed by atoms with E-state index in [0.717, 1.165) is 0 Å². The minimum Gasteiger partial charge on any atom is -0.367 e. The first kappa shape index (κ1) is 22.1. The van der Waals surface area contributed by atoms with Crippen LogP contribution in [0.15, 0.2) is 52.1 Å². The number of non-ortho nitro benzene ring substituents is 1. The number of nitrogens with zero attached hydrogens (tertiary/aromatic N) is 7. The van der Waals surface area contributed by atoms with Crippen LogP contribution in [0.3, 0.4) is 0 Å². The van der Waals surface area contributed by atoms with Gasteiger partial charge in [0.15, 0.2) is 0 Å². The number of piperazine rings is 1. The zero-order valence-corrected chi connectivity index (χ0v) is 18.3. The summed E-state index contributed by atoms with van der Waals surface area (Å²) in [5.41, 5.74) is 11.1. The maximum atomic E-state index is 13.3. The van der Waals surface area contributed by atoms with E-state index in [1.807, 2.05) is 4.90 Å². The molecular weight excluding hydrogens is 450 g/mol. The van der Waals surface area contributed by atoms with Gasteiger partial charge in [-0.1, -0.05) is 46.1 Å². The fraction of sp³-hybridized carbons (Fsp3) is 0.238. The fourth-order valence-electron chi connectivity index (χ4n) is 3.73. The topological polar surface area (TPSA) is 141 Å². The van der Waals surface area contributed by atoms with Crippen molar-refractivity contribution in [1.82, 2.24) is 10.1 Å². The lowest BCUT2D eigenvalue weighted by Crippen LogP contribution is -2.49. The Morgan fingerprint density at radius 3 is 2.52 bits per heavy atom. The van der Waals surface area contributed by atoms with E-state index in [1.165, 1.54) is 12.1 Å². The van der Waals surface area contributed by atoms with Crippen LogP contribution in [0.25, 0.3) is 21.7 Å². The van der Waals surface area contributed by atoms with Crippen LogP contribution in [0.2, 0.25) is 5.02 Å². The molecule has 0 unspecified atom stereocenters. The number of benzene rings is 2. The molecule has 4 rings (SSSR count). The minimum atomic E-state index is -0.491. The highest BCUT2D eigenvalue weighted by molar-refractivity contribution is 6.33. The van der Waals surface area contributed by atoms with E-state index in [-0.39, 0.29) is 11.6 Å². The monoisotopic (exact) mass is 467 g/mol. The summed E-state index contributed by atoms with van der Waals surface area (Å²) in [7, 11) is 0. The van der Waals surface area contributed by atoms with Gasteiger partial charge in [0.25, 0.3) is 11.6 Å². The van der Waals surface area contributed by atoms with Gasteiger partial charge in [-0.2, -0.15) is 0 Å². The molecule has 2 heterocycles. The van der Waals surface area contributed by atoms with Gasteiger partial charge >= 0.3 is 0 Å². The van der Waals surface area contributed by atoms with Gasteiger partial charge in [-0.15, -0.1) is 0 Å². The molecule has 0 spiro atoms. The van der Waals surface area contributed by atoms with Crippen LogP contribution in [-0.4, -0.2) is 47.1 Å². The Bertz CT molecular complexity index is 1260. The normalized spacial score (nSPS) is 13.5. The molecule has 1 saturated heterocycles. The van der Waals surface area contributed by atoms with Gasteiger partial charge in [0.05, 0.1) is 15.6 Å². The van der Waals surface area contributed by atoms with Crippen molar-refractivity contribution in [2.24, 2.45) is 5.11 Å². The lowest BCUT2D eigenvalue weighted by atomic mass is 10.0. The van der Waals surface area contributed by atoms with Gasteiger partial charge in [0.1, 0.15) is 17.0 Å². The van der Waals surface area contributed by atoms with Gasteiger partial charge in [0.2, 0.25) is 0 Å². The molecular formula is C21H18ClN7O4. The van der Waals surface area contributed by atoms with E-state index >= 15 is 0 Å². The van der Waals surface area contributed by atoms with Crippen molar-refractivity contribution in [1.29, 1.82) is 0 Å². The third-order valence-corrected chi connectivity index (χ3v) is 5.73. The van der Waals surface area contributed by atoms with Crippen molar-refractivity contribution in [3.8, 4) is 11.3 Å². The van der Waals surface area contributed by atoms with Crippen LogP contribution in [-0.2, 0) is 0 Å². The number of halogens is 1. The number of anilines is 1. The SMILES string of the molecule is Cc1onc(-c2ccc(N=[N+]=[N-])cc2)c1C(=O)N1CCN(c2ccc([N+](=O)[O-])cc2Cl)CC1. The van der Waals surface area contributed by atoms with Crippen LogP contribution < -0.4 is 4.90 Å². The molecule has 11 nitrogen and oxygen atoms in total. The van der Waals surface area contributed by atoms with Crippen LogP contribution in [0.5, 0.6) is 0 Å². The van der Waals surface area contributed by atoms with Crippen molar-refractivity contribution in [3.63, 3.8) is 0 Å². The summed E-state index contributed by atoms with van der Waals surface area (Å²) < 4.78 is 5.31. The molecule has 0 aliphatic carbocycles. The summed E-state index contributed by atoms with van der Waals surface area (Å²) in [4.78, 5) is 30.2. The Hall–Kier alpha value is -4.08.